The molecule has 0 spiro atoms. The fraction of sp³-hybridized carbons (Fsp3) is 0.154. The van der Waals surface area contributed by atoms with E-state index >= 15 is 0 Å². The standard InChI is InChI=1S/C13H11N3OS/c1-9-15-12(8-18-9)13(17)16-11(7-14)10-5-3-2-4-6-10/h2-6,8,11H,1H3,(H,16,17). The largest absolute Gasteiger partial charge is 0.331 e. The third-order valence-electron chi connectivity index (χ3n) is 2.39. The zero-order chi connectivity index (χ0) is 13.0. The number of benzene rings is 1. The number of rotatable bonds is 3. The number of carbonyl (C=O) groups is 1. The number of aromatic nitrogens is 1. The molecule has 5 heteroatoms. The molecule has 2 aromatic rings. The second kappa shape index (κ2) is 5.43. The molecular weight excluding hydrogens is 246 g/mol. The molecule has 0 fully saturated rings. The van der Waals surface area contributed by atoms with Crippen LogP contribution in [0.15, 0.2) is 35.7 Å². The van der Waals surface area contributed by atoms with E-state index in [1.54, 1.807) is 17.5 Å². The number of carbonyl (C=O) groups excluding carboxylic acids is 1. The first kappa shape index (κ1) is 12.3. The minimum atomic E-state index is -0.652. The lowest BCUT2D eigenvalue weighted by atomic mass is 10.1. The SMILES string of the molecule is Cc1nc(C(=O)NC(C#N)c2ccccc2)cs1. The quantitative estimate of drug-likeness (QED) is 0.918. The summed E-state index contributed by atoms with van der Waals surface area (Å²) in [5.74, 6) is -0.324. The van der Waals surface area contributed by atoms with Gasteiger partial charge in [0.1, 0.15) is 11.7 Å². The molecule has 0 saturated heterocycles. The van der Waals surface area contributed by atoms with E-state index in [4.69, 9.17) is 5.26 Å². The minimum absolute atomic E-state index is 0.324. The summed E-state index contributed by atoms with van der Waals surface area (Å²) in [6.45, 7) is 1.83. The average molecular weight is 257 g/mol. The van der Waals surface area contributed by atoms with E-state index in [-0.39, 0.29) is 5.91 Å². The molecule has 2 rings (SSSR count). The Bertz CT molecular complexity index is 586. The van der Waals surface area contributed by atoms with Gasteiger partial charge >= 0.3 is 0 Å². The van der Waals surface area contributed by atoms with E-state index in [2.05, 4.69) is 16.4 Å². The van der Waals surface area contributed by atoms with Crippen LogP contribution in [0.3, 0.4) is 0 Å². The van der Waals surface area contributed by atoms with Gasteiger partial charge in [-0.05, 0) is 12.5 Å². The molecule has 1 amide bonds. The Hall–Kier alpha value is -2.19. The van der Waals surface area contributed by atoms with Crippen molar-refractivity contribution in [3.05, 3.63) is 52.0 Å². The van der Waals surface area contributed by atoms with Crippen LogP contribution in [0.25, 0.3) is 0 Å². The molecule has 0 saturated carbocycles. The molecule has 0 aliphatic heterocycles. The topological polar surface area (TPSA) is 65.8 Å². The number of thiazole rings is 1. The zero-order valence-corrected chi connectivity index (χ0v) is 10.6. The second-order valence-electron chi connectivity index (χ2n) is 3.70. The molecular formula is C13H11N3OS. The Labute approximate surface area is 109 Å². The van der Waals surface area contributed by atoms with Crippen molar-refractivity contribution in [2.75, 3.05) is 0 Å². The molecule has 1 atom stereocenters. The van der Waals surface area contributed by atoms with Crippen LogP contribution in [-0.4, -0.2) is 10.9 Å². The fourth-order valence-corrected chi connectivity index (χ4v) is 2.10. The molecule has 1 N–H and O–H groups in total. The number of nitrogens with one attached hydrogen (secondary N) is 1. The Kier molecular flexibility index (Phi) is 3.70. The van der Waals surface area contributed by atoms with Crippen LogP contribution in [0.1, 0.15) is 27.1 Å². The van der Waals surface area contributed by atoms with Gasteiger partial charge in [-0.2, -0.15) is 5.26 Å². The van der Waals surface area contributed by atoms with Gasteiger partial charge in [-0.3, -0.25) is 4.79 Å². The Morgan fingerprint density at radius 1 is 1.44 bits per heavy atom. The van der Waals surface area contributed by atoms with E-state index in [0.717, 1.165) is 10.6 Å². The van der Waals surface area contributed by atoms with Gasteiger partial charge in [0.05, 0.1) is 11.1 Å². The molecule has 90 valence electrons. The van der Waals surface area contributed by atoms with Crippen molar-refractivity contribution < 1.29 is 4.79 Å². The number of hydrogen-bond acceptors (Lipinski definition) is 4. The Morgan fingerprint density at radius 3 is 2.72 bits per heavy atom. The normalized spacial score (nSPS) is 11.6. The smallest absolute Gasteiger partial charge is 0.272 e. The van der Waals surface area contributed by atoms with Gasteiger partial charge in [-0.15, -0.1) is 11.3 Å². The van der Waals surface area contributed by atoms with Crippen molar-refractivity contribution in [2.24, 2.45) is 0 Å². The predicted octanol–water partition coefficient (Wildman–Crippen LogP) is 2.45. The van der Waals surface area contributed by atoms with E-state index in [9.17, 15) is 4.79 Å². The first-order valence-electron chi connectivity index (χ1n) is 5.38. The van der Waals surface area contributed by atoms with Crippen LogP contribution in [0, 0.1) is 18.3 Å². The van der Waals surface area contributed by atoms with Gasteiger partial charge in [0.15, 0.2) is 0 Å². The van der Waals surface area contributed by atoms with Crippen LogP contribution in [0.4, 0.5) is 0 Å². The lowest BCUT2D eigenvalue weighted by Crippen LogP contribution is -2.27. The van der Waals surface area contributed by atoms with E-state index < -0.39 is 6.04 Å². The number of amides is 1. The molecule has 1 aromatic heterocycles. The Morgan fingerprint density at radius 2 is 2.17 bits per heavy atom. The van der Waals surface area contributed by atoms with Crippen molar-refractivity contribution >= 4 is 17.2 Å². The maximum absolute atomic E-state index is 11.9. The highest BCUT2D eigenvalue weighted by Gasteiger charge is 2.16. The van der Waals surface area contributed by atoms with Gasteiger partial charge in [0, 0.05) is 5.38 Å². The summed E-state index contributed by atoms with van der Waals surface area (Å²) >= 11 is 1.41. The third-order valence-corrected chi connectivity index (χ3v) is 3.16. The van der Waals surface area contributed by atoms with Gasteiger partial charge in [-0.25, -0.2) is 4.98 Å². The monoisotopic (exact) mass is 257 g/mol. The highest BCUT2D eigenvalue weighted by atomic mass is 32.1. The summed E-state index contributed by atoms with van der Waals surface area (Å²) in [5.41, 5.74) is 1.12. The molecule has 1 unspecified atom stereocenters. The molecule has 0 aliphatic rings. The van der Waals surface area contributed by atoms with Crippen LogP contribution in [-0.2, 0) is 0 Å². The van der Waals surface area contributed by atoms with Crippen molar-refractivity contribution in [1.82, 2.24) is 10.3 Å². The summed E-state index contributed by atoms with van der Waals surface area (Å²) < 4.78 is 0. The van der Waals surface area contributed by atoms with E-state index in [1.165, 1.54) is 11.3 Å². The summed E-state index contributed by atoms with van der Waals surface area (Å²) in [6, 6.07) is 10.6. The molecule has 0 bridgehead atoms. The number of hydrogen-bond donors (Lipinski definition) is 1. The first-order chi connectivity index (χ1) is 8.70. The third kappa shape index (κ3) is 2.73. The summed E-state index contributed by atoms with van der Waals surface area (Å²) in [7, 11) is 0. The number of aryl methyl sites for hydroxylation is 1. The van der Waals surface area contributed by atoms with Crippen LogP contribution in [0.5, 0.6) is 0 Å². The lowest BCUT2D eigenvalue weighted by molar-refractivity contribution is 0.0940. The maximum Gasteiger partial charge on any atom is 0.272 e. The summed E-state index contributed by atoms with van der Waals surface area (Å²) in [6.07, 6.45) is 0. The number of nitriles is 1. The van der Waals surface area contributed by atoms with Crippen LogP contribution in [0.2, 0.25) is 0 Å². The van der Waals surface area contributed by atoms with Crippen molar-refractivity contribution in [3.63, 3.8) is 0 Å². The van der Waals surface area contributed by atoms with Gasteiger partial charge in [-0.1, -0.05) is 30.3 Å². The second-order valence-corrected chi connectivity index (χ2v) is 4.76. The van der Waals surface area contributed by atoms with Crippen LogP contribution < -0.4 is 5.32 Å². The molecule has 4 nitrogen and oxygen atoms in total. The Balaban J connectivity index is 2.13. The summed E-state index contributed by atoms with van der Waals surface area (Å²) in [5, 5.41) is 14.3. The van der Waals surface area contributed by atoms with Gasteiger partial charge < -0.3 is 5.32 Å². The maximum atomic E-state index is 11.9. The average Bonchev–Trinajstić information content (AvgIpc) is 2.83. The van der Waals surface area contributed by atoms with E-state index in [1.807, 2.05) is 25.1 Å². The van der Waals surface area contributed by atoms with Gasteiger partial charge in [0.25, 0.3) is 5.91 Å². The van der Waals surface area contributed by atoms with Gasteiger partial charge in [0.2, 0.25) is 0 Å². The van der Waals surface area contributed by atoms with E-state index in [0.29, 0.717) is 5.69 Å². The predicted molar refractivity (Wildman–Crippen MR) is 69.1 cm³/mol. The minimum Gasteiger partial charge on any atom is -0.331 e. The number of nitrogens with zero attached hydrogens (tertiary/aromatic N) is 2. The summed E-state index contributed by atoms with van der Waals surface area (Å²) in [4.78, 5) is 16.0. The molecule has 1 heterocycles. The molecule has 1 aromatic carbocycles. The van der Waals surface area contributed by atoms with Crippen molar-refractivity contribution in [3.8, 4) is 6.07 Å². The highest BCUT2D eigenvalue weighted by molar-refractivity contribution is 7.09. The lowest BCUT2D eigenvalue weighted by Gasteiger charge is -2.10. The highest BCUT2D eigenvalue weighted by Crippen LogP contribution is 2.13. The zero-order valence-electron chi connectivity index (χ0n) is 9.75. The molecule has 0 aliphatic carbocycles. The fourth-order valence-electron chi connectivity index (χ4n) is 1.51. The van der Waals surface area contributed by atoms with Crippen molar-refractivity contribution in [2.45, 2.75) is 13.0 Å². The molecule has 18 heavy (non-hydrogen) atoms. The van der Waals surface area contributed by atoms with Crippen LogP contribution >= 0.6 is 11.3 Å². The molecule has 0 radical (unpaired) electrons. The first-order valence-corrected chi connectivity index (χ1v) is 6.26. The van der Waals surface area contributed by atoms with Crippen molar-refractivity contribution in [1.29, 1.82) is 5.26 Å².